The molecule has 62 heavy (non-hydrogen) atoms. The lowest BCUT2D eigenvalue weighted by Crippen LogP contribution is -2.54. The Labute approximate surface area is 358 Å². The zero-order chi connectivity index (χ0) is 43.2. The van der Waals surface area contributed by atoms with Crippen molar-refractivity contribution in [1.82, 2.24) is 29.9 Å². The van der Waals surface area contributed by atoms with Crippen LogP contribution in [0.4, 0.5) is 25.8 Å². The van der Waals surface area contributed by atoms with Gasteiger partial charge in [-0.1, -0.05) is 6.92 Å². The number of aliphatic imine (C=N–C) groups is 1. The van der Waals surface area contributed by atoms with Crippen molar-refractivity contribution in [1.29, 1.82) is 0 Å². The summed E-state index contributed by atoms with van der Waals surface area (Å²) in [5, 5.41) is 9.92. The summed E-state index contributed by atoms with van der Waals surface area (Å²) in [7, 11) is 1.82. The Morgan fingerprint density at radius 3 is 2.40 bits per heavy atom. The van der Waals surface area contributed by atoms with Crippen molar-refractivity contribution in [2.75, 3.05) is 67.5 Å². The zero-order valence-corrected chi connectivity index (χ0v) is 35.1. The van der Waals surface area contributed by atoms with Crippen LogP contribution >= 0.6 is 0 Å². The SMILES string of the molecule is Cc1cc2cc(n1)-c1cnn(C)c1OCCC[C@@H](C)CN1/C(=N/C2=O)Nc2ccc(C(=O)N3CCN(C4CCN(c5cc(F)c([C@H]6CCC(=O)NC6=O)c(F)c5)CC4)CC3)cc21. The molecule has 324 valence electrons. The van der Waals surface area contributed by atoms with Crippen LogP contribution in [0.15, 0.2) is 53.7 Å². The van der Waals surface area contributed by atoms with Gasteiger partial charge in [0.05, 0.1) is 41.4 Å². The smallest absolute Gasteiger partial charge is 0.280 e. The number of carbonyl (C=O) groups excluding carboxylic acids is 4. The number of aryl methyl sites for hydroxylation is 2. The van der Waals surface area contributed by atoms with Gasteiger partial charge >= 0.3 is 0 Å². The van der Waals surface area contributed by atoms with Crippen LogP contribution in [0.25, 0.3) is 11.3 Å². The Morgan fingerprint density at radius 1 is 0.903 bits per heavy atom. The van der Waals surface area contributed by atoms with Crippen molar-refractivity contribution in [3.8, 4) is 17.1 Å². The van der Waals surface area contributed by atoms with Crippen molar-refractivity contribution >= 4 is 46.7 Å². The Morgan fingerprint density at radius 2 is 1.66 bits per heavy atom. The van der Waals surface area contributed by atoms with Gasteiger partial charge in [0.1, 0.15) is 11.6 Å². The number of anilines is 3. The Balaban J connectivity index is 0.848. The van der Waals surface area contributed by atoms with E-state index in [1.54, 1.807) is 23.0 Å². The third-order valence-electron chi connectivity index (χ3n) is 12.8. The number of guanidine groups is 1. The number of pyridine rings is 1. The molecule has 2 bridgehead atoms. The summed E-state index contributed by atoms with van der Waals surface area (Å²) in [6, 6.07) is 11.9. The fourth-order valence-corrected chi connectivity index (χ4v) is 9.45. The maximum Gasteiger partial charge on any atom is 0.280 e. The molecule has 17 heteroatoms. The molecule has 2 atom stereocenters. The van der Waals surface area contributed by atoms with Gasteiger partial charge in [0.2, 0.25) is 23.7 Å². The van der Waals surface area contributed by atoms with Crippen LogP contribution in [0.5, 0.6) is 5.88 Å². The molecule has 2 N–H and O–H groups in total. The lowest BCUT2D eigenvalue weighted by molar-refractivity contribution is -0.134. The molecule has 0 unspecified atom stereocenters. The average molecular weight is 849 g/mol. The van der Waals surface area contributed by atoms with E-state index in [1.807, 2.05) is 46.9 Å². The van der Waals surface area contributed by atoms with Crippen LogP contribution in [0, 0.1) is 24.5 Å². The summed E-state index contributed by atoms with van der Waals surface area (Å²) in [6.45, 7) is 8.79. The van der Waals surface area contributed by atoms with Gasteiger partial charge in [-0.05, 0) is 87.4 Å². The third kappa shape index (κ3) is 8.12. The monoisotopic (exact) mass is 848 g/mol. The molecule has 2 aromatic carbocycles. The molecule has 3 fully saturated rings. The first-order valence-electron chi connectivity index (χ1n) is 21.5. The third-order valence-corrected chi connectivity index (χ3v) is 12.8. The molecule has 2 aromatic heterocycles. The highest BCUT2D eigenvalue weighted by Crippen LogP contribution is 2.37. The van der Waals surface area contributed by atoms with Crippen molar-refractivity contribution < 1.29 is 32.7 Å². The van der Waals surface area contributed by atoms with Crippen molar-refractivity contribution in [2.45, 2.75) is 64.3 Å². The Kier molecular flexibility index (Phi) is 11.2. The number of aromatic nitrogens is 3. The van der Waals surface area contributed by atoms with Crippen molar-refractivity contribution in [3.05, 3.63) is 82.7 Å². The quantitative estimate of drug-likeness (QED) is 0.259. The number of amides is 4. The van der Waals surface area contributed by atoms with E-state index in [2.05, 4.69) is 37.5 Å². The molecule has 5 aliphatic rings. The molecule has 15 nitrogen and oxygen atoms in total. The molecular formula is C45H50F2N10O5. The highest BCUT2D eigenvalue weighted by atomic mass is 19.1. The highest BCUT2D eigenvalue weighted by molar-refractivity contribution is 6.19. The molecular weight excluding hydrogens is 799 g/mol. The average Bonchev–Trinajstić information content (AvgIpc) is 3.80. The van der Waals surface area contributed by atoms with E-state index in [4.69, 9.17) is 4.74 Å². The normalized spacial score (nSPS) is 22.3. The fourth-order valence-electron chi connectivity index (χ4n) is 9.45. The number of piperidine rings is 2. The van der Waals surface area contributed by atoms with Gasteiger partial charge in [-0.25, -0.2) is 13.5 Å². The second kappa shape index (κ2) is 16.9. The van der Waals surface area contributed by atoms with Gasteiger partial charge in [-0.15, -0.1) is 0 Å². The topological polar surface area (TPSA) is 158 Å². The number of hydrogen-bond donors (Lipinski definition) is 2. The van der Waals surface area contributed by atoms with Gasteiger partial charge in [-0.3, -0.25) is 34.4 Å². The van der Waals surface area contributed by atoms with E-state index < -0.39 is 35.3 Å². The highest BCUT2D eigenvalue weighted by Gasteiger charge is 2.35. The standard InChI is InChI=1S/C45H50F2N10O5/c1-26-5-4-18-62-44-33(24-48-53(44)3)37-20-29(19-27(2)49-37)41(59)52-45-50-36-8-6-28(21-38(36)57(45)25-26)43(61)56-16-14-55(15-17-56)30-10-12-54(13-11-30)31-22-34(46)40(35(47)23-31)32-7-9-39(58)51-42(32)60/h6,8,19-24,26,30,32H,4-5,7,9-18,25H2,1-3H3,(H,50,52,59)(H,51,58,60)/t26-,32-/m1/s1. The number of piperazine rings is 1. The molecule has 4 aromatic rings. The molecule has 0 spiro atoms. The van der Waals surface area contributed by atoms with E-state index in [0.29, 0.717) is 98.0 Å². The first-order chi connectivity index (χ1) is 29.9. The molecule has 9 rings (SSSR count). The minimum atomic E-state index is -1.03. The van der Waals surface area contributed by atoms with Crippen LogP contribution in [-0.2, 0) is 16.6 Å². The molecule has 0 aliphatic carbocycles. The van der Waals surface area contributed by atoms with E-state index in [1.165, 1.54) is 12.1 Å². The van der Waals surface area contributed by atoms with Gasteiger partial charge < -0.3 is 24.8 Å². The molecule has 0 saturated carbocycles. The van der Waals surface area contributed by atoms with E-state index in [9.17, 15) is 19.2 Å². The van der Waals surface area contributed by atoms with Crippen molar-refractivity contribution in [3.63, 3.8) is 0 Å². The molecule has 3 saturated heterocycles. The van der Waals surface area contributed by atoms with Crippen molar-refractivity contribution in [2.24, 2.45) is 18.0 Å². The number of benzene rings is 2. The van der Waals surface area contributed by atoms with Gasteiger partial charge in [0.25, 0.3) is 11.8 Å². The van der Waals surface area contributed by atoms with Crippen LogP contribution in [0.3, 0.4) is 0 Å². The number of ether oxygens (including phenoxy) is 1. The van der Waals surface area contributed by atoms with Gasteiger partial charge in [0.15, 0.2) is 0 Å². The van der Waals surface area contributed by atoms with Crippen LogP contribution in [0.2, 0.25) is 0 Å². The number of hydrogen-bond acceptors (Lipinski definition) is 11. The summed E-state index contributed by atoms with van der Waals surface area (Å²) in [6.07, 6.45) is 5.05. The van der Waals surface area contributed by atoms with Gasteiger partial charge in [-0.2, -0.15) is 10.1 Å². The number of rotatable bonds is 4. The minimum absolute atomic E-state index is 0.0408. The first kappa shape index (κ1) is 41.1. The van der Waals surface area contributed by atoms with Crippen LogP contribution in [0.1, 0.15) is 83.3 Å². The summed E-state index contributed by atoms with van der Waals surface area (Å²) in [5.74, 6) is -2.99. The predicted molar refractivity (Wildman–Crippen MR) is 228 cm³/mol. The lowest BCUT2D eigenvalue weighted by atomic mass is 9.89. The first-order valence-corrected chi connectivity index (χ1v) is 21.5. The summed E-state index contributed by atoms with van der Waals surface area (Å²) in [5.41, 5.74) is 4.60. The molecule has 4 amide bonds. The molecule has 0 radical (unpaired) electrons. The van der Waals surface area contributed by atoms with E-state index >= 15 is 8.78 Å². The predicted octanol–water partition coefficient (Wildman–Crippen LogP) is 5.25. The maximum absolute atomic E-state index is 15.3. The van der Waals surface area contributed by atoms with Gasteiger partial charge in [0, 0.05) is 93.4 Å². The van der Waals surface area contributed by atoms with E-state index in [-0.39, 0.29) is 36.3 Å². The Hall–Kier alpha value is -6.23. The minimum Gasteiger partial charge on any atom is -0.477 e. The van der Waals surface area contributed by atoms with E-state index in [0.717, 1.165) is 37.1 Å². The number of nitrogens with one attached hydrogen (secondary N) is 2. The number of carbonyl (C=O) groups is 4. The number of nitrogens with zero attached hydrogens (tertiary/aromatic N) is 8. The number of halogens is 2. The lowest BCUT2D eigenvalue weighted by Gasteiger charge is -2.43. The second-order valence-electron chi connectivity index (χ2n) is 17.0. The van der Waals surface area contributed by atoms with Crippen LogP contribution in [-0.4, -0.2) is 113 Å². The largest absolute Gasteiger partial charge is 0.477 e. The Bertz CT molecular complexity index is 2450. The summed E-state index contributed by atoms with van der Waals surface area (Å²) < 4.78 is 38.5. The maximum atomic E-state index is 15.3. The number of imide groups is 1. The summed E-state index contributed by atoms with van der Waals surface area (Å²) >= 11 is 0. The van der Waals surface area contributed by atoms with Crippen LogP contribution < -0.4 is 25.2 Å². The second-order valence-corrected chi connectivity index (χ2v) is 17.0. The molecule has 5 aliphatic heterocycles. The molecule has 7 heterocycles. The number of fused-ring (bicyclic) bond motifs is 7. The fraction of sp³-hybridized carbons (Fsp3) is 0.444. The zero-order valence-electron chi connectivity index (χ0n) is 35.1. The summed E-state index contributed by atoms with van der Waals surface area (Å²) in [4.78, 5) is 69.3.